The topological polar surface area (TPSA) is 28.7 Å². The van der Waals surface area contributed by atoms with Crippen LogP contribution in [0, 0.1) is 0 Å². The van der Waals surface area contributed by atoms with Crippen LogP contribution in [0.1, 0.15) is 147 Å². The lowest BCUT2D eigenvalue weighted by atomic mass is 9.94. The first-order valence-electron chi connectivity index (χ1n) is 13.2. The molecule has 2 aromatic rings. The average Bonchev–Trinajstić information content (AvgIpc) is 3.18. The van der Waals surface area contributed by atoms with Crippen molar-refractivity contribution in [3.63, 3.8) is 0 Å². The number of fused-ring (bicyclic) bond motifs is 1. The Labute approximate surface area is 186 Å². The molecule has 2 heteroatoms. The molecule has 170 valence electrons. The van der Waals surface area contributed by atoms with Gasteiger partial charge in [0.05, 0.1) is 11.0 Å². The summed E-state index contributed by atoms with van der Waals surface area (Å²) >= 11 is 0. The third kappa shape index (κ3) is 8.44. The molecule has 0 saturated heterocycles. The predicted octanol–water partition coefficient (Wildman–Crippen LogP) is 9.66. The van der Waals surface area contributed by atoms with Gasteiger partial charge in [0.25, 0.3) is 0 Å². The minimum absolute atomic E-state index is 0.598. The van der Waals surface area contributed by atoms with E-state index in [0.717, 1.165) is 5.52 Å². The van der Waals surface area contributed by atoms with Crippen LogP contribution < -0.4 is 0 Å². The van der Waals surface area contributed by atoms with Crippen molar-refractivity contribution in [2.45, 2.75) is 136 Å². The van der Waals surface area contributed by atoms with E-state index in [9.17, 15) is 0 Å². The van der Waals surface area contributed by atoms with Gasteiger partial charge in [-0.25, -0.2) is 4.98 Å². The molecule has 1 aromatic heterocycles. The highest BCUT2D eigenvalue weighted by molar-refractivity contribution is 5.76. The van der Waals surface area contributed by atoms with Crippen molar-refractivity contribution in [2.24, 2.45) is 0 Å². The lowest BCUT2D eigenvalue weighted by Gasteiger charge is -2.14. The Morgan fingerprint density at radius 3 is 1.87 bits per heavy atom. The number of hydrogen-bond donors (Lipinski definition) is 1. The minimum atomic E-state index is 0.598. The van der Waals surface area contributed by atoms with Crippen LogP contribution in [-0.2, 0) is 0 Å². The third-order valence-corrected chi connectivity index (χ3v) is 6.78. The SMILES string of the molecule is CCCCCCC(C)c1ccc2nc(C(CCCCCC)CCCCCC)[nH]c2c1. The van der Waals surface area contributed by atoms with Gasteiger partial charge < -0.3 is 4.98 Å². The van der Waals surface area contributed by atoms with E-state index in [-0.39, 0.29) is 0 Å². The molecule has 0 radical (unpaired) electrons. The summed E-state index contributed by atoms with van der Waals surface area (Å²) < 4.78 is 0. The van der Waals surface area contributed by atoms with E-state index in [0.29, 0.717) is 11.8 Å². The highest BCUT2D eigenvalue weighted by Gasteiger charge is 2.16. The van der Waals surface area contributed by atoms with E-state index < -0.39 is 0 Å². The Kier molecular flexibility index (Phi) is 12.2. The van der Waals surface area contributed by atoms with E-state index in [1.807, 2.05) is 0 Å². The van der Waals surface area contributed by atoms with Crippen molar-refractivity contribution in [2.75, 3.05) is 0 Å². The summed E-state index contributed by atoms with van der Waals surface area (Å²) in [6.07, 6.45) is 20.0. The largest absolute Gasteiger partial charge is 0.342 e. The van der Waals surface area contributed by atoms with Crippen molar-refractivity contribution in [1.29, 1.82) is 0 Å². The van der Waals surface area contributed by atoms with Crippen LogP contribution in [0.15, 0.2) is 18.2 Å². The fourth-order valence-corrected chi connectivity index (χ4v) is 4.64. The standard InChI is InChI=1S/C28H48N2/c1-5-8-11-14-17-23(4)25-20-21-26-27(22-25)30-28(29-26)24(18-15-12-9-6-2)19-16-13-10-7-3/h20-24H,5-19H2,1-4H3,(H,29,30). The van der Waals surface area contributed by atoms with Crippen LogP contribution in [0.2, 0.25) is 0 Å². The lowest BCUT2D eigenvalue weighted by molar-refractivity contribution is 0.483. The quantitative estimate of drug-likeness (QED) is 0.257. The maximum absolute atomic E-state index is 5.04. The highest BCUT2D eigenvalue weighted by Crippen LogP contribution is 2.30. The molecule has 0 saturated carbocycles. The van der Waals surface area contributed by atoms with Gasteiger partial charge >= 0.3 is 0 Å². The maximum Gasteiger partial charge on any atom is 0.110 e. The smallest absolute Gasteiger partial charge is 0.110 e. The van der Waals surface area contributed by atoms with E-state index in [4.69, 9.17) is 4.98 Å². The molecule has 1 N–H and O–H groups in total. The second-order valence-electron chi connectivity index (χ2n) is 9.54. The van der Waals surface area contributed by atoms with E-state index in [1.165, 1.54) is 113 Å². The molecule has 0 amide bonds. The molecule has 0 aliphatic carbocycles. The van der Waals surface area contributed by atoms with Crippen LogP contribution in [0.25, 0.3) is 11.0 Å². The molecule has 1 unspecified atom stereocenters. The maximum atomic E-state index is 5.04. The Hall–Kier alpha value is -1.31. The van der Waals surface area contributed by atoms with Crippen molar-refractivity contribution >= 4 is 11.0 Å². The Balaban J connectivity index is 2.04. The van der Waals surface area contributed by atoms with Gasteiger partial charge in [-0.05, 0) is 42.9 Å². The molecular weight excluding hydrogens is 364 g/mol. The molecule has 0 aliphatic heterocycles. The summed E-state index contributed by atoms with van der Waals surface area (Å²) in [6, 6.07) is 6.94. The zero-order valence-corrected chi connectivity index (χ0v) is 20.4. The molecule has 0 aliphatic rings. The van der Waals surface area contributed by atoms with Crippen LogP contribution in [0.3, 0.4) is 0 Å². The van der Waals surface area contributed by atoms with Crippen molar-refractivity contribution < 1.29 is 0 Å². The predicted molar refractivity (Wildman–Crippen MR) is 134 cm³/mol. The van der Waals surface area contributed by atoms with Crippen molar-refractivity contribution in [3.05, 3.63) is 29.6 Å². The number of nitrogens with zero attached hydrogens (tertiary/aromatic N) is 1. The second-order valence-corrected chi connectivity index (χ2v) is 9.54. The number of benzene rings is 1. The number of hydrogen-bond acceptors (Lipinski definition) is 1. The molecule has 0 bridgehead atoms. The first kappa shape index (κ1) is 25.0. The summed E-state index contributed by atoms with van der Waals surface area (Å²) in [4.78, 5) is 8.78. The van der Waals surface area contributed by atoms with E-state index in [2.05, 4.69) is 50.9 Å². The normalized spacial score (nSPS) is 12.8. The molecule has 1 aromatic carbocycles. The molecule has 0 spiro atoms. The van der Waals surface area contributed by atoms with Crippen LogP contribution in [0.5, 0.6) is 0 Å². The molecule has 1 atom stereocenters. The monoisotopic (exact) mass is 412 g/mol. The summed E-state index contributed by atoms with van der Waals surface area (Å²) in [5.41, 5.74) is 3.87. The first-order valence-corrected chi connectivity index (χ1v) is 13.2. The number of unbranched alkanes of at least 4 members (excludes halogenated alkanes) is 9. The number of aromatic amines is 1. The molecule has 2 nitrogen and oxygen atoms in total. The van der Waals surface area contributed by atoms with Gasteiger partial charge in [-0.15, -0.1) is 0 Å². The summed E-state index contributed by atoms with van der Waals surface area (Å²) in [5, 5.41) is 0. The number of H-pyrrole nitrogens is 1. The summed E-state index contributed by atoms with van der Waals surface area (Å²) in [6.45, 7) is 9.26. The summed E-state index contributed by atoms with van der Waals surface area (Å²) in [5.74, 6) is 2.48. The van der Waals surface area contributed by atoms with Gasteiger partial charge in [-0.3, -0.25) is 0 Å². The van der Waals surface area contributed by atoms with E-state index in [1.54, 1.807) is 0 Å². The first-order chi connectivity index (χ1) is 14.7. The van der Waals surface area contributed by atoms with Crippen LogP contribution >= 0.6 is 0 Å². The second kappa shape index (κ2) is 14.7. The molecule has 0 fully saturated rings. The van der Waals surface area contributed by atoms with E-state index >= 15 is 0 Å². The van der Waals surface area contributed by atoms with Gasteiger partial charge in [0.15, 0.2) is 0 Å². The minimum Gasteiger partial charge on any atom is -0.342 e. The molecule has 1 heterocycles. The molecular formula is C28H48N2. The fourth-order valence-electron chi connectivity index (χ4n) is 4.64. The highest BCUT2D eigenvalue weighted by atomic mass is 14.9. The van der Waals surface area contributed by atoms with Gasteiger partial charge in [0.2, 0.25) is 0 Å². The average molecular weight is 413 g/mol. The fraction of sp³-hybridized carbons (Fsp3) is 0.750. The van der Waals surface area contributed by atoms with Gasteiger partial charge in [0.1, 0.15) is 5.82 Å². The van der Waals surface area contributed by atoms with Gasteiger partial charge in [0, 0.05) is 5.92 Å². The lowest BCUT2D eigenvalue weighted by Crippen LogP contribution is -2.02. The zero-order chi connectivity index (χ0) is 21.6. The molecule has 30 heavy (non-hydrogen) atoms. The van der Waals surface area contributed by atoms with Crippen LogP contribution in [-0.4, -0.2) is 9.97 Å². The van der Waals surface area contributed by atoms with Crippen molar-refractivity contribution in [3.8, 4) is 0 Å². The Bertz CT molecular complexity index is 675. The number of imidazole rings is 1. The number of nitrogens with one attached hydrogen (secondary N) is 1. The van der Waals surface area contributed by atoms with Gasteiger partial charge in [-0.1, -0.05) is 111 Å². The van der Waals surface area contributed by atoms with Crippen molar-refractivity contribution in [1.82, 2.24) is 9.97 Å². The third-order valence-electron chi connectivity index (χ3n) is 6.78. The molecule has 2 rings (SSSR count). The van der Waals surface area contributed by atoms with Gasteiger partial charge in [-0.2, -0.15) is 0 Å². The Morgan fingerprint density at radius 2 is 1.30 bits per heavy atom. The Morgan fingerprint density at radius 1 is 0.733 bits per heavy atom. The summed E-state index contributed by atoms with van der Waals surface area (Å²) in [7, 11) is 0. The number of rotatable bonds is 17. The van der Waals surface area contributed by atoms with Crippen LogP contribution in [0.4, 0.5) is 0 Å². The number of aromatic nitrogens is 2. The zero-order valence-electron chi connectivity index (χ0n) is 20.4.